The summed E-state index contributed by atoms with van der Waals surface area (Å²) in [6.45, 7) is 16.2. The summed E-state index contributed by atoms with van der Waals surface area (Å²) in [7, 11) is -2.82. The van der Waals surface area contributed by atoms with Crippen LogP contribution in [0.1, 0.15) is 59.0 Å². The van der Waals surface area contributed by atoms with Crippen LogP contribution in [0, 0.1) is 24.7 Å². The number of hydrogen-bond donors (Lipinski definition) is 1. The van der Waals surface area contributed by atoms with Crippen LogP contribution in [0.5, 0.6) is 0 Å². The predicted molar refractivity (Wildman–Crippen MR) is 162 cm³/mol. The quantitative estimate of drug-likeness (QED) is 0.322. The molecule has 4 rings (SSSR count). The highest BCUT2D eigenvalue weighted by atomic mass is 28.4. The fourth-order valence-corrected chi connectivity index (χ4v) is 11.0. The van der Waals surface area contributed by atoms with Gasteiger partial charge in [0.2, 0.25) is 0 Å². The van der Waals surface area contributed by atoms with E-state index in [-0.39, 0.29) is 41.6 Å². The molecule has 4 nitrogen and oxygen atoms in total. The van der Waals surface area contributed by atoms with Crippen LogP contribution in [0.15, 0.2) is 84.9 Å². The van der Waals surface area contributed by atoms with Crippen molar-refractivity contribution in [1.29, 1.82) is 0 Å². The van der Waals surface area contributed by atoms with Gasteiger partial charge in [0.25, 0.3) is 8.32 Å². The fourth-order valence-electron chi connectivity index (χ4n) is 6.12. The van der Waals surface area contributed by atoms with Gasteiger partial charge in [0.1, 0.15) is 0 Å². The predicted octanol–water partition coefficient (Wildman–Crippen LogP) is 6.25. The second-order valence-electron chi connectivity index (χ2n) is 12.4. The Morgan fingerprint density at radius 2 is 1.44 bits per heavy atom. The maximum atomic E-state index is 10.5. The lowest BCUT2D eigenvalue weighted by atomic mass is 9.84. The lowest BCUT2D eigenvalue weighted by Crippen LogP contribution is -2.69. The minimum atomic E-state index is -2.82. The van der Waals surface area contributed by atoms with Crippen LogP contribution in [0.2, 0.25) is 5.04 Å². The standard InChI is InChI=1S/C34H46O4Si/c1-24-18-20-28(21-19-24)33-36-23-26(3)31(37-33)27(4)32(25(2)22-35)38-39(34(5,6)7,29-14-10-8-11-15-29)30-16-12-9-13-17-30/h8-21,25-27,31-33,35H,22-23H2,1-7H3/t25-,26-,27-,31-,32-,33?/m1/s1. The minimum Gasteiger partial charge on any atom is -0.404 e. The van der Waals surface area contributed by atoms with Gasteiger partial charge in [-0.3, -0.25) is 0 Å². The molecule has 0 spiro atoms. The van der Waals surface area contributed by atoms with Crippen molar-refractivity contribution in [2.24, 2.45) is 17.8 Å². The Morgan fingerprint density at radius 1 is 0.897 bits per heavy atom. The van der Waals surface area contributed by atoms with Crippen molar-refractivity contribution in [2.45, 2.75) is 72.0 Å². The van der Waals surface area contributed by atoms with Crippen LogP contribution in [-0.4, -0.2) is 38.8 Å². The smallest absolute Gasteiger partial charge is 0.261 e. The average molecular weight is 547 g/mol. The van der Waals surface area contributed by atoms with Gasteiger partial charge in [0, 0.05) is 29.9 Å². The van der Waals surface area contributed by atoms with Gasteiger partial charge in [-0.2, -0.15) is 0 Å². The van der Waals surface area contributed by atoms with Crippen LogP contribution < -0.4 is 10.4 Å². The third-order valence-electron chi connectivity index (χ3n) is 8.32. The summed E-state index contributed by atoms with van der Waals surface area (Å²) in [6.07, 6.45) is -0.708. The van der Waals surface area contributed by atoms with E-state index in [4.69, 9.17) is 13.9 Å². The number of ether oxygens (including phenoxy) is 2. The van der Waals surface area contributed by atoms with E-state index in [1.807, 2.05) is 0 Å². The Bertz CT molecular complexity index is 1120. The largest absolute Gasteiger partial charge is 0.404 e. The lowest BCUT2D eigenvalue weighted by molar-refractivity contribution is -0.256. The fraction of sp³-hybridized carbons (Fsp3) is 0.471. The van der Waals surface area contributed by atoms with Gasteiger partial charge in [0.05, 0.1) is 18.8 Å². The summed E-state index contributed by atoms with van der Waals surface area (Å²) < 4.78 is 20.5. The molecule has 3 aromatic rings. The summed E-state index contributed by atoms with van der Waals surface area (Å²) in [5, 5.41) is 12.8. The molecular formula is C34H46O4Si. The highest BCUT2D eigenvalue weighted by Crippen LogP contribution is 2.42. The average Bonchev–Trinajstić information content (AvgIpc) is 2.94. The maximum Gasteiger partial charge on any atom is 0.261 e. The Balaban J connectivity index is 1.76. The molecule has 1 aliphatic rings. The monoisotopic (exact) mass is 546 g/mol. The second-order valence-corrected chi connectivity index (χ2v) is 16.7. The van der Waals surface area contributed by atoms with Gasteiger partial charge in [-0.25, -0.2) is 0 Å². The van der Waals surface area contributed by atoms with Gasteiger partial charge in [-0.15, -0.1) is 0 Å². The molecule has 0 saturated carbocycles. The first kappa shape index (κ1) is 29.7. The van der Waals surface area contributed by atoms with E-state index < -0.39 is 14.6 Å². The van der Waals surface area contributed by atoms with E-state index >= 15 is 0 Å². The van der Waals surface area contributed by atoms with Crippen molar-refractivity contribution in [3.8, 4) is 0 Å². The third-order valence-corrected chi connectivity index (χ3v) is 13.3. The SMILES string of the molecule is Cc1ccc(C2OC[C@@H](C)[C@H]([C@@H](C)[C@H](O[Si](c3ccccc3)(c3ccccc3)C(C)(C)C)[C@H](C)CO)O2)cc1. The summed E-state index contributed by atoms with van der Waals surface area (Å²) >= 11 is 0. The molecule has 0 aromatic heterocycles. The highest BCUT2D eigenvalue weighted by molar-refractivity contribution is 6.99. The zero-order valence-electron chi connectivity index (χ0n) is 24.6. The van der Waals surface area contributed by atoms with E-state index in [0.717, 1.165) is 5.56 Å². The Kier molecular flexibility index (Phi) is 9.51. The third kappa shape index (κ3) is 6.23. The molecule has 3 aromatic carbocycles. The molecule has 1 saturated heterocycles. The zero-order chi connectivity index (χ0) is 28.2. The molecule has 5 heteroatoms. The highest BCUT2D eigenvalue weighted by Gasteiger charge is 2.53. The van der Waals surface area contributed by atoms with Crippen LogP contribution >= 0.6 is 0 Å². The van der Waals surface area contributed by atoms with Crippen molar-refractivity contribution in [2.75, 3.05) is 13.2 Å². The van der Waals surface area contributed by atoms with Crippen LogP contribution in [0.3, 0.4) is 0 Å². The molecular weight excluding hydrogens is 500 g/mol. The Morgan fingerprint density at radius 3 is 1.92 bits per heavy atom. The summed E-state index contributed by atoms with van der Waals surface area (Å²) in [5.41, 5.74) is 2.24. The molecule has 1 unspecified atom stereocenters. The maximum absolute atomic E-state index is 10.5. The molecule has 39 heavy (non-hydrogen) atoms. The molecule has 1 aliphatic heterocycles. The van der Waals surface area contributed by atoms with Crippen molar-refractivity contribution in [3.63, 3.8) is 0 Å². The zero-order valence-corrected chi connectivity index (χ0v) is 25.6. The molecule has 0 bridgehead atoms. The minimum absolute atomic E-state index is 0.0284. The van der Waals surface area contributed by atoms with Gasteiger partial charge in [0.15, 0.2) is 6.29 Å². The molecule has 0 radical (unpaired) electrons. The summed E-state index contributed by atoms with van der Waals surface area (Å²) in [6, 6.07) is 29.8. The van der Waals surface area contributed by atoms with Crippen molar-refractivity contribution in [3.05, 3.63) is 96.1 Å². The molecule has 0 amide bonds. The first-order chi connectivity index (χ1) is 18.6. The first-order valence-electron chi connectivity index (χ1n) is 14.3. The van der Waals surface area contributed by atoms with Gasteiger partial charge in [-0.1, -0.05) is 132 Å². The summed E-state index contributed by atoms with van der Waals surface area (Å²) in [4.78, 5) is 0. The number of hydrogen-bond acceptors (Lipinski definition) is 4. The van der Waals surface area contributed by atoms with E-state index in [9.17, 15) is 5.11 Å². The number of aryl methyl sites for hydroxylation is 1. The van der Waals surface area contributed by atoms with Gasteiger partial charge in [-0.05, 0) is 22.3 Å². The lowest BCUT2D eigenvalue weighted by Gasteiger charge is -2.49. The molecule has 1 N–H and O–H groups in total. The summed E-state index contributed by atoms with van der Waals surface area (Å²) in [5.74, 6) is 0.150. The van der Waals surface area contributed by atoms with Crippen molar-refractivity contribution < 1.29 is 19.0 Å². The van der Waals surface area contributed by atoms with E-state index in [1.165, 1.54) is 15.9 Å². The topological polar surface area (TPSA) is 47.9 Å². The van der Waals surface area contributed by atoms with Crippen LogP contribution in [-0.2, 0) is 13.9 Å². The van der Waals surface area contributed by atoms with Gasteiger partial charge >= 0.3 is 0 Å². The number of benzene rings is 3. The van der Waals surface area contributed by atoms with Gasteiger partial charge < -0.3 is 19.0 Å². The van der Waals surface area contributed by atoms with Crippen molar-refractivity contribution in [1.82, 2.24) is 0 Å². The van der Waals surface area contributed by atoms with Crippen LogP contribution in [0.25, 0.3) is 0 Å². The molecule has 6 atom stereocenters. The second kappa shape index (κ2) is 12.5. The molecule has 0 aliphatic carbocycles. The molecule has 1 heterocycles. The first-order valence-corrected chi connectivity index (χ1v) is 16.2. The number of rotatable bonds is 9. The van der Waals surface area contributed by atoms with Crippen LogP contribution in [0.4, 0.5) is 0 Å². The molecule has 210 valence electrons. The molecule has 1 fully saturated rings. The van der Waals surface area contributed by atoms with E-state index in [1.54, 1.807) is 0 Å². The normalized spacial score (nSPS) is 22.7. The Labute approximate surface area is 236 Å². The Hall–Kier alpha value is -2.28. The van der Waals surface area contributed by atoms with E-state index in [0.29, 0.717) is 6.61 Å². The number of aliphatic hydroxyl groups is 1. The van der Waals surface area contributed by atoms with Crippen molar-refractivity contribution >= 4 is 18.7 Å². The number of aliphatic hydroxyl groups excluding tert-OH is 1. The van der Waals surface area contributed by atoms with E-state index in [2.05, 4.69) is 133 Å².